The van der Waals surface area contributed by atoms with Gasteiger partial charge in [-0.1, -0.05) is 23.7 Å². The van der Waals surface area contributed by atoms with Crippen LogP contribution in [0.2, 0.25) is 5.02 Å². The number of benzene rings is 2. The maximum atomic E-state index is 13.3. The molecule has 0 aliphatic heterocycles. The summed E-state index contributed by atoms with van der Waals surface area (Å²) in [5, 5.41) is 0.536. The second-order valence-electron chi connectivity index (χ2n) is 4.31. The van der Waals surface area contributed by atoms with E-state index in [1.54, 1.807) is 31.2 Å². The number of carbonyl (C=O) groups excluding carboxylic acids is 1. The Morgan fingerprint density at radius 3 is 2.39 bits per heavy atom. The molecule has 0 saturated heterocycles. The summed E-state index contributed by atoms with van der Waals surface area (Å²) in [6, 6.07) is 9.38. The highest BCUT2D eigenvalue weighted by atomic mass is 35.5. The predicted molar refractivity (Wildman–Crippen MR) is 70.8 cm³/mol. The van der Waals surface area contributed by atoms with Gasteiger partial charge in [0, 0.05) is 16.1 Å². The Morgan fingerprint density at radius 1 is 1.06 bits per heavy atom. The Hall–Kier alpha value is -1.67. The van der Waals surface area contributed by atoms with Crippen LogP contribution in [0.1, 0.15) is 27.0 Å². The van der Waals surface area contributed by atoms with Crippen LogP contribution < -0.4 is 0 Å². The summed E-state index contributed by atoms with van der Waals surface area (Å²) in [6.45, 7) is 3.62. The summed E-state index contributed by atoms with van der Waals surface area (Å²) in [5.41, 5.74) is 2.43. The summed E-state index contributed by atoms with van der Waals surface area (Å²) in [4.78, 5) is 12.2. The topological polar surface area (TPSA) is 17.1 Å². The summed E-state index contributed by atoms with van der Waals surface area (Å²) >= 11 is 5.98. The van der Waals surface area contributed by atoms with Crippen molar-refractivity contribution in [2.24, 2.45) is 0 Å². The van der Waals surface area contributed by atoms with Crippen molar-refractivity contribution in [3.05, 3.63) is 69.5 Å². The van der Waals surface area contributed by atoms with Crippen molar-refractivity contribution in [3.63, 3.8) is 0 Å². The van der Waals surface area contributed by atoms with Gasteiger partial charge in [0.05, 0.1) is 0 Å². The van der Waals surface area contributed by atoms with Crippen LogP contribution in [0.15, 0.2) is 36.4 Å². The number of carbonyl (C=O) groups is 1. The minimum atomic E-state index is -0.406. The molecule has 0 N–H and O–H groups in total. The maximum Gasteiger partial charge on any atom is 0.193 e. The van der Waals surface area contributed by atoms with E-state index in [2.05, 4.69) is 0 Å². The first-order chi connectivity index (χ1) is 8.47. The van der Waals surface area contributed by atoms with Crippen molar-refractivity contribution >= 4 is 17.4 Å². The van der Waals surface area contributed by atoms with Crippen LogP contribution in [-0.4, -0.2) is 5.78 Å². The molecule has 0 aliphatic rings. The highest BCUT2D eigenvalue weighted by Crippen LogP contribution is 2.20. The van der Waals surface area contributed by atoms with Gasteiger partial charge in [-0.3, -0.25) is 4.79 Å². The van der Waals surface area contributed by atoms with Gasteiger partial charge in [-0.15, -0.1) is 0 Å². The van der Waals surface area contributed by atoms with E-state index in [-0.39, 0.29) is 5.78 Å². The van der Waals surface area contributed by atoms with Gasteiger partial charge >= 0.3 is 0 Å². The summed E-state index contributed by atoms with van der Waals surface area (Å²) < 4.78 is 13.3. The normalized spacial score (nSPS) is 10.4. The molecule has 0 amide bonds. The molecule has 0 aromatic heterocycles. The van der Waals surface area contributed by atoms with Crippen LogP contribution in [-0.2, 0) is 0 Å². The molecule has 2 aromatic rings. The standard InChI is InChI=1S/C15H12ClFO/c1-9-5-12(7-13(17)6-9)15(18)11-4-3-10(2)14(16)8-11/h3-8H,1-2H3. The molecule has 0 heterocycles. The minimum absolute atomic E-state index is 0.223. The highest BCUT2D eigenvalue weighted by Gasteiger charge is 2.11. The van der Waals surface area contributed by atoms with E-state index >= 15 is 0 Å². The number of halogens is 2. The van der Waals surface area contributed by atoms with E-state index in [9.17, 15) is 9.18 Å². The fraction of sp³-hybridized carbons (Fsp3) is 0.133. The van der Waals surface area contributed by atoms with Crippen LogP contribution in [0.4, 0.5) is 4.39 Å². The van der Waals surface area contributed by atoms with Gasteiger partial charge in [-0.05, 0) is 49.2 Å². The van der Waals surface area contributed by atoms with Crippen LogP contribution in [0.25, 0.3) is 0 Å². The lowest BCUT2D eigenvalue weighted by molar-refractivity contribution is 0.103. The molecule has 0 radical (unpaired) electrons. The lowest BCUT2D eigenvalue weighted by Crippen LogP contribution is -2.02. The van der Waals surface area contributed by atoms with E-state index in [0.717, 1.165) is 11.1 Å². The average molecular weight is 263 g/mol. The molecular formula is C15H12ClFO. The largest absolute Gasteiger partial charge is 0.289 e. The van der Waals surface area contributed by atoms with Crippen molar-refractivity contribution in [3.8, 4) is 0 Å². The maximum absolute atomic E-state index is 13.3. The van der Waals surface area contributed by atoms with Crippen molar-refractivity contribution in [2.45, 2.75) is 13.8 Å². The lowest BCUT2D eigenvalue weighted by atomic mass is 10.0. The zero-order valence-corrected chi connectivity index (χ0v) is 10.9. The van der Waals surface area contributed by atoms with Crippen molar-refractivity contribution in [1.29, 1.82) is 0 Å². The Morgan fingerprint density at radius 2 is 1.78 bits per heavy atom. The third kappa shape index (κ3) is 2.59. The molecule has 0 bridgehead atoms. The minimum Gasteiger partial charge on any atom is -0.289 e. The second kappa shape index (κ2) is 4.91. The zero-order chi connectivity index (χ0) is 13.3. The monoisotopic (exact) mass is 262 g/mol. The van der Waals surface area contributed by atoms with E-state index in [1.165, 1.54) is 12.1 Å². The number of rotatable bonds is 2. The van der Waals surface area contributed by atoms with Gasteiger partial charge < -0.3 is 0 Å². The molecule has 0 aliphatic carbocycles. The first-order valence-corrected chi connectivity index (χ1v) is 5.93. The molecule has 1 nitrogen and oxygen atoms in total. The van der Waals surface area contributed by atoms with Gasteiger partial charge in [0.15, 0.2) is 5.78 Å². The Balaban J connectivity index is 2.44. The second-order valence-corrected chi connectivity index (χ2v) is 4.72. The molecule has 0 spiro atoms. The number of ketones is 1. The summed E-state index contributed by atoms with van der Waals surface area (Å²) in [6.07, 6.45) is 0. The van der Waals surface area contributed by atoms with E-state index in [4.69, 9.17) is 11.6 Å². The number of aryl methyl sites for hydroxylation is 2. The Kier molecular flexibility index (Phi) is 3.48. The third-order valence-corrected chi connectivity index (χ3v) is 3.15. The lowest BCUT2D eigenvalue weighted by Gasteiger charge is -2.05. The molecule has 0 saturated carbocycles. The fourth-order valence-electron chi connectivity index (χ4n) is 1.77. The van der Waals surface area contributed by atoms with Gasteiger partial charge in [-0.25, -0.2) is 4.39 Å². The highest BCUT2D eigenvalue weighted by molar-refractivity contribution is 6.31. The Labute approximate surface area is 110 Å². The van der Waals surface area contributed by atoms with E-state index in [0.29, 0.717) is 16.1 Å². The average Bonchev–Trinajstić information content (AvgIpc) is 2.30. The van der Waals surface area contributed by atoms with Crippen molar-refractivity contribution < 1.29 is 9.18 Å². The predicted octanol–water partition coefficient (Wildman–Crippen LogP) is 4.33. The zero-order valence-electron chi connectivity index (χ0n) is 10.1. The van der Waals surface area contributed by atoms with Crippen LogP contribution in [0, 0.1) is 19.7 Å². The quantitative estimate of drug-likeness (QED) is 0.737. The van der Waals surface area contributed by atoms with Crippen molar-refractivity contribution in [1.82, 2.24) is 0 Å². The van der Waals surface area contributed by atoms with Crippen LogP contribution >= 0.6 is 11.6 Å². The molecule has 18 heavy (non-hydrogen) atoms. The molecule has 0 atom stereocenters. The van der Waals surface area contributed by atoms with Gasteiger partial charge in [0.25, 0.3) is 0 Å². The SMILES string of the molecule is Cc1cc(F)cc(C(=O)c2ccc(C)c(Cl)c2)c1. The molecule has 0 fully saturated rings. The van der Waals surface area contributed by atoms with Gasteiger partial charge in [-0.2, -0.15) is 0 Å². The molecular weight excluding hydrogens is 251 g/mol. The van der Waals surface area contributed by atoms with E-state index in [1.807, 2.05) is 6.92 Å². The van der Waals surface area contributed by atoms with Crippen LogP contribution in [0.5, 0.6) is 0 Å². The smallest absolute Gasteiger partial charge is 0.193 e. The van der Waals surface area contributed by atoms with Gasteiger partial charge in [0.1, 0.15) is 5.82 Å². The Bertz CT molecular complexity index is 600. The fourth-order valence-corrected chi connectivity index (χ4v) is 1.95. The summed E-state index contributed by atoms with van der Waals surface area (Å²) in [7, 11) is 0. The first-order valence-electron chi connectivity index (χ1n) is 5.55. The number of hydrogen-bond acceptors (Lipinski definition) is 1. The number of hydrogen-bond donors (Lipinski definition) is 0. The third-order valence-electron chi connectivity index (χ3n) is 2.74. The van der Waals surface area contributed by atoms with Gasteiger partial charge in [0.2, 0.25) is 0 Å². The first kappa shape index (κ1) is 12.8. The van der Waals surface area contributed by atoms with E-state index < -0.39 is 5.82 Å². The molecule has 2 rings (SSSR count). The summed E-state index contributed by atoms with van der Waals surface area (Å²) in [5.74, 6) is -0.629. The van der Waals surface area contributed by atoms with Crippen molar-refractivity contribution in [2.75, 3.05) is 0 Å². The molecule has 3 heteroatoms. The molecule has 0 unspecified atom stereocenters. The van der Waals surface area contributed by atoms with Crippen LogP contribution in [0.3, 0.4) is 0 Å². The molecule has 92 valence electrons. The molecule has 2 aromatic carbocycles.